The van der Waals surface area contributed by atoms with E-state index in [4.69, 9.17) is 5.11 Å². The lowest BCUT2D eigenvalue weighted by Gasteiger charge is -2.22. The Kier molecular flexibility index (Phi) is 6.41. The highest BCUT2D eigenvalue weighted by Crippen LogP contribution is 2.32. The molecule has 2 amide bonds. The third kappa shape index (κ3) is 6.17. The molecule has 0 aliphatic carbocycles. The summed E-state index contributed by atoms with van der Waals surface area (Å²) in [4.78, 5) is 23.5. The summed E-state index contributed by atoms with van der Waals surface area (Å²) in [6, 6.07) is 4.15. The summed E-state index contributed by atoms with van der Waals surface area (Å²) in [5, 5.41) is 11.1. The van der Waals surface area contributed by atoms with Gasteiger partial charge in [0, 0.05) is 19.6 Å². The number of urea groups is 1. The van der Waals surface area contributed by atoms with Crippen LogP contribution in [0.15, 0.2) is 24.3 Å². The maximum absolute atomic E-state index is 12.9. The number of carboxylic acids is 1. The Labute approximate surface area is 132 Å². The second-order valence-corrected chi connectivity index (χ2v) is 5.27. The van der Waals surface area contributed by atoms with Crippen LogP contribution in [0.2, 0.25) is 0 Å². The van der Waals surface area contributed by atoms with E-state index in [-0.39, 0.29) is 24.9 Å². The number of hydrogen-bond donors (Lipinski definition) is 2. The molecule has 1 aromatic rings. The average Bonchev–Trinajstić information content (AvgIpc) is 2.43. The fraction of sp³-hybridized carbons (Fsp3) is 0.467. The number of nitrogens with one attached hydrogen (secondary N) is 1. The number of rotatable bonds is 6. The molecule has 5 nitrogen and oxygen atoms in total. The van der Waals surface area contributed by atoms with Crippen LogP contribution >= 0.6 is 0 Å². The number of aliphatic carboxylic acids is 1. The van der Waals surface area contributed by atoms with Gasteiger partial charge in [0.05, 0.1) is 12.0 Å². The van der Waals surface area contributed by atoms with Crippen LogP contribution in [0.1, 0.15) is 24.5 Å². The maximum atomic E-state index is 12.9. The van der Waals surface area contributed by atoms with Crippen LogP contribution < -0.4 is 5.32 Å². The topological polar surface area (TPSA) is 69.6 Å². The predicted octanol–water partition coefficient (Wildman–Crippen LogP) is 2.75. The van der Waals surface area contributed by atoms with Gasteiger partial charge < -0.3 is 15.3 Å². The molecule has 1 aromatic carbocycles. The number of hydrogen-bond acceptors (Lipinski definition) is 2. The van der Waals surface area contributed by atoms with Gasteiger partial charge in [0.25, 0.3) is 0 Å². The van der Waals surface area contributed by atoms with Crippen molar-refractivity contribution >= 4 is 12.0 Å². The lowest BCUT2D eigenvalue weighted by molar-refractivity contribution is -0.138. The molecule has 128 valence electrons. The summed E-state index contributed by atoms with van der Waals surface area (Å²) >= 11 is 0. The third-order valence-electron chi connectivity index (χ3n) is 3.23. The molecule has 0 fully saturated rings. The average molecular weight is 332 g/mol. The SMILES string of the molecule is CC(Cc1ccccc1C(F)(F)F)NC(=O)N(C)CCC(=O)O. The zero-order valence-electron chi connectivity index (χ0n) is 12.9. The van der Waals surface area contributed by atoms with Crippen molar-refractivity contribution in [2.24, 2.45) is 0 Å². The van der Waals surface area contributed by atoms with E-state index in [1.165, 1.54) is 30.1 Å². The van der Waals surface area contributed by atoms with E-state index >= 15 is 0 Å². The molecule has 0 radical (unpaired) electrons. The van der Waals surface area contributed by atoms with Crippen molar-refractivity contribution in [1.29, 1.82) is 0 Å². The van der Waals surface area contributed by atoms with E-state index in [1.807, 2.05) is 0 Å². The first-order chi connectivity index (χ1) is 10.6. The smallest absolute Gasteiger partial charge is 0.416 e. The molecule has 1 atom stereocenters. The number of carbonyl (C=O) groups excluding carboxylic acids is 1. The van der Waals surface area contributed by atoms with E-state index in [0.717, 1.165) is 6.07 Å². The van der Waals surface area contributed by atoms with Crippen molar-refractivity contribution in [3.63, 3.8) is 0 Å². The van der Waals surface area contributed by atoms with Gasteiger partial charge in [-0.25, -0.2) is 4.79 Å². The number of amides is 2. The van der Waals surface area contributed by atoms with Gasteiger partial charge in [-0.3, -0.25) is 4.79 Å². The molecule has 0 heterocycles. The van der Waals surface area contributed by atoms with E-state index in [0.29, 0.717) is 0 Å². The minimum absolute atomic E-state index is 0.0209. The number of carbonyl (C=O) groups is 2. The van der Waals surface area contributed by atoms with Crippen LogP contribution in [0.4, 0.5) is 18.0 Å². The largest absolute Gasteiger partial charge is 0.481 e. The first-order valence-electron chi connectivity index (χ1n) is 6.99. The predicted molar refractivity (Wildman–Crippen MR) is 78.0 cm³/mol. The van der Waals surface area contributed by atoms with Crippen molar-refractivity contribution in [1.82, 2.24) is 10.2 Å². The van der Waals surface area contributed by atoms with Gasteiger partial charge in [0.2, 0.25) is 0 Å². The Balaban J connectivity index is 2.65. The van der Waals surface area contributed by atoms with Crippen LogP contribution in [0.25, 0.3) is 0 Å². The molecule has 0 saturated carbocycles. The monoisotopic (exact) mass is 332 g/mol. The number of carboxylic acid groups (broad SMARTS) is 1. The molecule has 0 aliphatic rings. The highest BCUT2D eigenvalue weighted by molar-refractivity contribution is 5.75. The Morgan fingerprint density at radius 1 is 1.30 bits per heavy atom. The zero-order valence-corrected chi connectivity index (χ0v) is 12.9. The minimum Gasteiger partial charge on any atom is -0.481 e. The molecule has 2 N–H and O–H groups in total. The molecule has 0 saturated heterocycles. The molecule has 0 spiro atoms. The highest BCUT2D eigenvalue weighted by Gasteiger charge is 2.33. The van der Waals surface area contributed by atoms with Crippen LogP contribution in [-0.2, 0) is 17.4 Å². The standard InChI is InChI=1S/C15H19F3N2O3/c1-10(19-14(23)20(2)8-7-13(21)22)9-11-5-3-4-6-12(11)15(16,17)18/h3-6,10H,7-9H2,1-2H3,(H,19,23)(H,21,22). The molecule has 8 heteroatoms. The summed E-state index contributed by atoms with van der Waals surface area (Å²) in [6.07, 6.45) is -4.62. The van der Waals surface area contributed by atoms with Gasteiger partial charge >= 0.3 is 18.2 Å². The second kappa shape index (κ2) is 7.85. The van der Waals surface area contributed by atoms with Crippen molar-refractivity contribution in [3.8, 4) is 0 Å². The summed E-state index contributed by atoms with van der Waals surface area (Å²) < 4.78 is 38.7. The quantitative estimate of drug-likeness (QED) is 0.841. The van der Waals surface area contributed by atoms with Gasteiger partial charge in [-0.1, -0.05) is 18.2 Å². The van der Waals surface area contributed by atoms with E-state index in [1.54, 1.807) is 6.92 Å². The van der Waals surface area contributed by atoms with Crippen molar-refractivity contribution in [3.05, 3.63) is 35.4 Å². The second-order valence-electron chi connectivity index (χ2n) is 5.27. The number of nitrogens with zero attached hydrogens (tertiary/aromatic N) is 1. The Bertz CT molecular complexity index is 561. The Hall–Kier alpha value is -2.25. The number of halogens is 3. The molecular formula is C15H19F3N2O3. The molecule has 0 aliphatic heterocycles. The Morgan fingerprint density at radius 2 is 1.91 bits per heavy atom. The molecule has 23 heavy (non-hydrogen) atoms. The van der Waals surface area contributed by atoms with Crippen molar-refractivity contribution < 1.29 is 27.9 Å². The first-order valence-corrected chi connectivity index (χ1v) is 6.99. The zero-order chi connectivity index (χ0) is 17.6. The summed E-state index contributed by atoms with van der Waals surface area (Å²) in [5.74, 6) is -1.03. The van der Waals surface area contributed by atoms with Gasteiger partial charge in [0.1, 0.15) is 0 Å². The minimum atomic E-state index is -4.45. The summed E-state index contributed by atoms with van der Waals surface area (Å²) in [6.45, 7) is 1.61. The van der Waals surface area contributed by atoms with Crippen molar-refractivity contribution in [2.45, 2.75) is 32.0 Å². The van der Waals surface area contributed by atoms with Gasteiger partial charge in [-0.05, 0) is 25.0 Å². The van der Waals surface area contributed by atoms with Crippen LogP contribution in [0, 0.1) is 0 Å². The first kappa shape index (κ1) is 18.8. The van der Waals surface area contributed by atoms with Gasteiger partial charge in [-0.15, -0.1) is 0 Å². The normalized spacial score (nSPS) is 12.6. The highest BCUT2D eigenvalue weighted by atomic mass is 19.4. The Morgan fingerprint density at radius 3 is 2.48 bits per heavy atom. The van der Waals surface area contributed by atoms with E-state index in [2.05, 4.69) is 5.32 Å². The summed E-state index contributed by atoms with van der Waals surface area (Å²) in [7, 11) is 1.43. The molecule has 1 unspecified atom stereocenters. The van der Waals surface area contributed by atoms with E-state index < -0.39 is 29.8 Å². The van der Waals surface area contributed by atoms with Gasteiger partial charge in [-0.2, -0.15) is 13.2 Å². The number of benzene rings is 1. The summed E-state index contributed by atoms with van der Waals surface area (Å²) in [5.41, 5.74) is -0.624. The maximum Gasteiger partial charge on any atom is 0.416 e. The van der Waals surface area contributed by atoms with E-state index in [9.17, 15) is 22.8 Å². The fourth-order valence-electron chi connectivity index (χ4n) is 2.04. The van der Waals surface area contributed by atoms with Crippen molar-refractivity contribution in [2.75, 3.05) is 13.6 Å². The van der Waals surface area contributed by atoms with Gasteiger partial charge in [0.15, 0.2) is 0 Å². The van der Waals surface area contributed by atoms with Crippen LogP contribution in [-0.4, -0.2) is 41.6 Å². The lowest BCUT2D eigenvalue weighted by atomic mass is 10.0. The molecule has 0 bridgehead atoms. The molecular weight excluding hydrogens is 313 g/mol. The molecule has 0 aromatic heterocycles. The third-order valence-corrected chi connectivity index (χ3v) is 3.23. The van der Waals surface area contributed by atoms with Crippen LogP contribution in [0.5, 0.6) is 0 Å². The van der Waals surface area contributed by atoms with Crippen LogP contribution in [0.3, 0.4) is 0 Å². The molecule has 1 rings (SSSR count). The fourth-order valence-corrected chi connectivity index (χ4v) is 2.04. The lowest BCUT2D eigenvalue weighted by Crippen LogP contribution is -2.43. The number of alkyl halides is 3.